The molecule has 0 fully saturated rings. The van der Waals surface area contributed by atoms with Crippen LogP contribution in [0.5, 0.6) is 0 Å². The number of ketones is 1. The van der Waals surface area contributed by atoms with Gasteiger partial charge in [0, 0.05) is 36.8 Å². The fourth-order valence-corrected chi connectivity index (χ4v) is 2.15. The zero-order valence-corrected chi connectivity index (χ0v) is 8.83. The van der Waals surface area contributed by atoms with Gasteiger partial charge in [-0.05, 0) is 25.3 Å². The Morgan fingerprint density at radius 2 is 2.33 bits per heavy atom. The number of nitrogens with zero attached hydrogens (tertiary/aromatic N) is 1. The normalized spacial score (nSPS) is 14.7. The van der Waals surface area contributed by atoms with Gasteiger partial charge in [0.15, 0.2) is 5.78 Å². The van der Waals surface area contributed by atoms with Crippen molar-refractivity contribution < 1.29 is 4.79 Å². The van der Waals surface area contributed by atoms with Crippen LogP contribution in [-0.2, 0) is 13.0 Å². The van der Waals surface area contributed by atoms with Crippen LogP contribution >= 0.6 is 0 Å². The number of hydrogen-bond donors (Lipinski definition) is 0. The van der Waals surface area contributed by atoms with Crippen LogP contribution in [0.15, 0.2) is 12.3 Å². The maximum atomic E-state index is 11.6. The summed E-state index contributed by atoms with van der Waals surface area (Å²) in [5, 5.41) is 0. The van der Waals surface area contributed by atoms with Crippen molar-refractivity contribution in [2.75, 3.05) is 0 Å². The molecule has 0 aromatic carbocycles. The van der Waals surface area contributed by atoms with Crippen molar-refractivity contribution >= 4 is 5.78 Å². The monoisotopic (exact) mass is 201 g/mol. The van der Waals surface area contributed by atoms with Gasteiger partial charge >= 0.3 is 0 Å². The molecule has 0 N–H and O–H groups in total. The van der Waals surface area contributed by atoms with Crippen LogP contribution in [0.1, 0.15) is 41.7 Å². The van der Waals surface area contributed by atoms with Gasteiger partial charge < -0.3 is 4.57 Å². The second-order valence-corrected chi connectivity index (χ2v) is 3.95. The van der Waals surface area contributed by atoms with Crippen LogP contribution in [-0.4, -0.2) is 10.4 Å². The van der Waals surface area contributed by atoms with Gasteiger partial charge in [-0.15, -0.1) is 12.3 Å². The maximum Gasteiger partial charge on any atom is 0.164 e. The Bertz CT molecular complexity index is 409. The lowest BCUT2D eigenvalue weighted by Gasteiger charge is -2.14. The summed E-state index contributed by atoms with van der Waals surface area (Å²) in [6, 6.07) is 1.95. The molecule has 1 aromatic rings. The van der Waals surface area contributed by atoms with E-state index >= 15 is 0 Å². The second kappa shape index (κ2) is 4.35. The third-order valence-electron chi connectivity index (χ3n) is 2.92. The SMILES string of the molecule is C#CCCCn1ccc2c1CCCC2=O. The van der Waals surface area contributed by atoms with Crippen molar-refractivity contribution in [2.45, 2.75) is 38.6 Å². The number of aromatic nitrogens is 1. The van der Waals surface area contributed by atoms with E-state index in [9.17, 15) is 4.79 Å². The topological polar surface area (TPSA) is 22.0 Å². The molecule has 0 unspecified atom stereocenters. The number of Topliss-reactive ketones (excluding diaryl/α,β-unsaturated/α-hetero) is 1. The number of carbonyl (C=O) groups is 1. The first-order chi connectivity index (χ1) is 7.33. The Labute approximate surface area is 90.3 Å². The van der Waals surface area contributed by atoms with Gasteiger partial charge in [0.25, 0.3) is 0 Å². The number of hydrogen-bond acceptors (Lipinski definition) is 1. The molecule has 0 atom stereocenters. The number of carbonyl (C=O) groups excluding carboxylic acids is 1. The second-order valence-electron chi connectivity index (χ2n) is 3.95. The molecule has 1 aliphatic carbocycles. The van der Waals surface area contributed by atoms with Gasteiger partial charge in [-0.25, -0.2) is 0 Å². The average molecular weight is 201 g/mol. The summed E-state index contributed by atoms with van der Waals surface area (Å²) < 4.78 is 2.18. The summed E-state index contributed by atoms with van der Waals surface area (Å²) in [5.41, 5.74) is 2.14. The summed E-state index contributed by atoms with van der Waals surface area (Å²) in [5.74, 6) is 2.94. The number of rotatable bonds is 3. The molecule has 0 amide bonds. The third kappa shape index (κ3) is 1.97. The van der Waals surface area contributed by atoms with Crippen LogP contribution in [0.3, 0.4) is 0 Å². The van der Waals surface area contributed by atoms with Crippen molar-refractivity contribution in [1.29, 1.82) is 0 Å². The minimum atomic E-state index is 0.298. The van der Waals surface area contributed by atoms with Crippen molar-refractivity contribution in [3.05, 3.63) is 23.5 Å². The summed E-state index contributed by atoms with van der Waals surface area (Å²) in [6.45, 7) is 0.937. The van der Waals surface area contributed by atoms with E-state index in [2.05, 4.69) is 10.5 Å². The number of aryl methyl sites for hydroxylation is 1. The largest absolute Gasteiger partial charge is 0.351 e. The smallest absolute Gasteiger partial charge is 0.164 e. The quantitative estimate of drug-likeness (QED) is 0.543. The Hall–Kier alpha value is -1.49. The molecular formula is C13H15NO. The zero-order valence-electron chi connectivity index (χ0n) is 8.83. The lowest BCUT2D eigenvalue weighted by Crippen LogP contribution is -2.13. The van der Waals surface area contributed by atoms with E-state index in [1.54, 1.807) is 0 Å². The lowest BCUT2D eigenvalue weighted by molar-refractivity contribution is 0.0971. The summed E-state index contributed by atoms with van der Waals surface area (Å²) in [7, 11) is 0. The first-order valence-electron chi connectivity index (χ1n) is 5.47. The van der Waals surface area contributed by atoms with E-state index in [1.807, 2.05) is 12.3 Å². The summed E-state index contributed by atoms with van der Waals surface area (Å²) in [6.07, 6.45) is 11.8. The highest BCUT2D eigenvalue weighted by molar-refractivity contribution is 5.98. The molecule has 78 valence electrons. The standard InChI is InChI=1S/C13H15NO/c1-2-3-4-9-14-10-8-11-12(14)6-5-7-13(11)15/h1,8,10H,3-7,9H2. The molecule has 0 radical (unpaired) electrons. The summed E-state index contributed by atoms with van der Waals surface area (Å²) in [4.78, 5) is 11.6. The highest BCUT2D eigenvalue weighted by atomic mass is 16.1. The molecule has 2 heteroatoms. The van der Waals surface area contributed by atoms with Crippen LogP contribution in [0, 0.1) is 12.3 Å². The Kier molecular flexibility index (Phi) is 2.91. The number of unbranched alkanes of at least 4 members (excludes halogenated alkanes) is 1. The minimum Gasteiger partial charge on any atom is -0.351 e. The van der Waals surface area contributed by atoms with Crippen LogP contribution in [0.4, 0.5) is 0 Å². The van der Waals surface area contributed by atoms with Crippen LogP contribution < -0.4 is 0 Å². The molecule has 0 saturated carbocycles. The van der Waals surface area contributed by atoms with Gasteiger partial charge in [0.1, 0.15) is 0 Å². The van der Waals surface area contributed by atoms with Crippen molar-refractivity contribution in [2.24, 2.45) is 0 Å². The predicted molar refractivity (Wildman–Crippen MR) is 59.8 cm³/mol. The van der Waals surface area contributed by atoms with Gasteiger partial charge in [-0.1, -0.05) is 0 Å². The molecule has 1 aliphatic rings. The van der Waals surface area contributed by atoms with Crippen molar-refractivity contribution in [1.82, 2.24) is 4.57 Å². The third-order valence-corrected chi connectivity index (χ3v) is 2.92. The molecule has 1 heterocycles. The molecule has 0 spiro atoms. The van der Waals surface area contributed by atoms with Crippen LogP contribution in [0.2, 0.25) is 0 Å². The molecule has 0 aliphatic heterocycles. The summed E-state index contributed by atoms with van der Waals surface area (Å²) >= 11 is 0. The Morgan fingerprint density at radius 1 is 1.47 bits per heavy atom. The minimum absolute atomic E-state index is 0.298. The molecule has 15 heavy (non-hydrogen) atoms. The molecule has 2 nitrogen and oxygen atoms in total. The van der Waals surface area contributed by atoms with Gasteiger partial charge in [-0.3, -0.25) is 4.79 Å². The fourth-order valence-electron chi connectivity index (χ4n) is 2.15. The first kappa shape index (κ1) is 10.0. The van der Waals surface area contributed by atoms with E-state index in [4.69, 9.17) is 6.42 Å². The van der Waals surface area contributed by atoms with E-state index in [0.29, 0.717) is 12.2 Å². The van der Waals surface area contributed by atoms with Crippen molar-refractivity contribution in [3.63, 3.8) is 0 Å². The van der Waals surface area contributed by atoms with Gasteiger partial charge in [0.2, 0.25) is 0 Å². The van der Waals surface area contributed by atoms with Gasteiger partial charge in [0.05, 0.1) is 0 Å². The van der Waals surface area contributed by atoms with E-state index in [-0.39, 0.29) is 0 Å². The molecule has 1 aromatic heterocycles. The number of fused-ring (bicyclic) bond motifs is 1. The lowest BCUT2D eigenvalue weighted by atomic mass is 9.97. The average Bonchev–Trinajstić information content (AvgIpc) is 2.64. The number of terminal acetylenes is 1. The Morgan fingerprint density at radius 3 is 3.13 bits per heavy atom. The molecule has 2 rings (SSSR count). The van der Waals surface area contributed by atoms with Gasteiger partial charge in [-0.2, -0.15) is 0 Å². The first-order valence-corrected chi connectivity index (χ1v) is 5.47. The zero-order chi connectivity index (χ0) is 10.7. The van der Waals surface area contributed by atoms with E-state index in [0.717, 1.165) is 37.8 Å². The molecular weight excluding hydrogens is 186 g/mol. The van der Waals surface area contributed by atoms with Crippen molar-refractivity contribution in [3.8, 4) is 12.3 Å². The molecule has 0 bridgehead atoms. The maximum absolute atomic E-state index is 11.6. The predicted octanol–water partition coefficient (Wildman–Crippen LogP) is 2.42. The van der Waals surface area contributed by atoms with E-state index < -0.39 is 0 Å². The highest BCUT2D eigenvalue weighted by Gasteiger charge is 2.19. The van der Waals surface area contributed by atoms with Crippen LogP contribution in [0.25, 0.3) is 0 Å². The highest BCUT2D eigenvalue weighted by Crippen LogP contribution is 2.22. The Balaban J connectivity index is 2.13. The van der Waals surface area contributed by atoms with E-state index in [1.165, 1.54) is 5.69 Å². The fraction of sp³-hybridized carbons (Fsp3) is 0.462. The molecule has 0 saturated heterocycles.